The van der Waals surface area contributed by atoms with Crippen LogP contribution in [-0.2, 0) is 11.2 Å². The Morgan fingerprint density at radius 3 is 2.77 bits per heavy atom. The van der Waals surface area contributed by atoms with Crippen molar-refractivity contribution in [3.8, 4) is 5.75 Å². The summed E-state index contributed by atoms with van der Waals surface area (Å²) in [6.45, 7) is 8.34. The van der Waals surface area contributed by atoms with E-state index in [0.29, 0.717) is 11.0 Å². The molecule has 0 aliphatic rings. The van der Waals surface area contributed by atoms with Crippen LogP contribution >= 0.6 is 11.3 Å². The maximum absolute atomic E-state index is 12.3. The van der Waals surface area contributed by atoms with Crippen LogP contribution in [0.4, 0.5) is 5.13 Å². The number of benzene rings is 2. The number of fused-ring (bicyclic) bond motifs is 1. The molecule has 0 saturated heterocycles. The Morgan fingerprint density at radius 1 is 1.23 bits per heavy atom. The van der Waals surface area contributed by atoms with Crippen molar-refractivity contribution in [1.82, 2.24) is 4.98 Å². The number of hydrogen-bond donors (Lipinski definition) is 1. The lowest BCUT2D eigenvalue weighted by Crippen LogP contribution is -2.20. The fraction of sp³-hybridized carbons (Fsp3) is 0.333. The van der Waals surface area contributed by atoms with E-state index >= 15 is 0 Å². The van der Waals surface area contributed by atoms with Gasteiger partial charge in [-0.25, -0.2) is 4.98 Å². The van der Waals surface area contributed by atoms with E-state index in [9.17, 15) is 4.79 Å². The average molecular weight is 369 g/mol. The highest BCUT2D eigenvalue weighted by atomic mass is 32.1. The lowest BCUT2D eigenvalue weighted by molar-refractivity contribution is -0.118. The fourth-order valence-electron chi connectivity index (χ4n) is 2.78. The summed E-state index contributed by atoms with van der Waals surface area (Å²) in [7, 11) is 0. The predicted molar refractivity (Wildman–Crippen MR) is 108 cm³/mol. The highest BCUT2D eigenvalue weighted by Gasteiger charge is 2.12. The number of ether oxygens (including phenoxy) is 1. The van der Waals surface area contributed by atoms with Gasteiger partial charge in [0.1, 0.15) is 5.75 Å². The monoisotopic (exact) mass is 368 g/mol. The van der Waals surface area contributed by atoms with Crippen molar-refractivity contribution in [2.24, 2.45) is 0 Å². The molecule has 4 nitrogen and oxygen atoms in total. The van der Waals surface area contributed by atoms with Crippen LogP contribution in [-0.4, -0.2) is 17.5 Å². The molecule has 0 unspecified atom stereocenters. The molecule has 0 aliphatic heterocycles. The number of carbonyl (C=O) groups is 1. The molecule has 0 spiro atoms. The standard InChI is InChI=1S/C21H24N2O2S/c1-5-15-7-9-17-19(11-15)26-21(22-17)23-20(24)12-25-18-10-14(4)6-8-16(18)13(2)3/h6-11,13H,5,12H2,1-4H3,(H,22,23,24). The van der Waals surface area contributed by atoms with Gasteiger partial charge in [-0.05, 0) is 54.2 Å². The van der Waals surface area contributed by atoms with E-state index in [4.69, 9.17) is 4.74 Å². The Kier molecular flexibility index (Phi) is 5.57. The molecule has 0 aliphatic carbocycles. The van der Waals surface area contributed by atoms with Gasteiger partial charge in [0.2, 0.25) is 0 Å². The first-order valence-electron chi connectivity index (χ1n) is 8.89. The second-order valence-electron chi connectivity index (χ2n) is 6.71. The van der Waals surface area contributed by atoms with Gasteiger partial charge < -0.3 is 4.74 Å². The number of aryl methyl sites for hydroxylation is 2. The van der Waals surface area contributed by atoms with E-state index < -0.39 is 0 Å². The summed E-state index contributed by atoms with van der Waals surface area (Å²) in [4.78, 5) is 16.8. The summed E-state index contributed by atoms with van der Waals surface area (Å²) in [5.41, 5.74) is 4.39. The predicted octanol–water partition coefficient (Wildman–Crippen LogP) is 5.31. The highest BCUT2D eigenvalue weighted by molar-refractivity contribution is 7.22. The van der Waals surface area contributed by atoms with E-state index in [2.05, 4.69) is 55.3 Å². The van der Waals surface area contributed by atoms with Crippen molar-refractivity contribution in [2.75, 3.05) is 11.9 Å². The van der Waals surface area contributed by atoms with Crippen molar-refractivity contribution in [2.45, 2.75) is 40.0 Å². The molecule has 0 saturated carbocycles. The molecule has 3 rings (SSSR count). The Labute approximate surface area is 158 Å². The topological polar surface area (TPSA) is 51.2 Å². The van der Waals surface area contributed by atoms with Crippen molar-refractivity contribution in [3.63, 3.8) is 0 Å². The van der Waals surface area contributed by atoms with Gasteiger partial charge in [0, 0.05) is 0 Å². The summed E-state index contributed by atoms with van der Waals surface area (Å²) >= 11 is 1.49. The smallest absolute Gasteiger partial charge is 0.264 e. The molecule has 0 radical (unpaired) electrons. The summed E-state index contributed by atoms with van der Waals surface area (Å²) in [6, 6.07) is 12.3. The van der Waals surface area contributed by atoms with Crippen LogP contribution in [0.1, 0.15) is 43.4 Å². The number of anilines is 1. The van der Waals surface area contributed by atoms with Gasteiger partial charge in [0.15, 0.2) is 11.7 Å². The lowest BCUT2D eigenvalue weighted by Gasteiger charge is -2.14. The molecule has 0 fully saturated rings. The molecule has 0 bridgehead atoms. The number of hydrogen-bond acceptors (Lipinski definition) is 4. The maximum Gasteiger partial charge on any atom is 0.264 e. The third-order valence-corrected chi connectivity index (χ3v) is 5.19. The van der Waals surface area contributed by atoms with Crippen LogP contribution in [0, 0.1) is 6.92 Å². The first-order valence-corrected chi connectivity index (χ1v) is 9.70. The van der Waals surface area contributed by atoms with E-state index in [1.165, 1.54) is 16.9 Å². The van der Waals surface area contributed by atoms with Crippen LogP contribution < -0.4 is 10.1 Å². The van der Waals surface area contributed by atoms with Gasteiger partial charge >= 0.3 is 0 Å². The highest BCUT2D eigenvalue weighted by Crippen LogP contribution is 2.28. The van der Waals surface area contributed by atoms with Crippen LogP contribution in [0.15, 0.2) is 36.4 Å². The van der Waals surface area contributed by atoms with Crippen LogP contribution in [0.2, 0.25) is 0 Å². The lowest BCUT2D eigenvalue weighted by atomic mass is 10.0. The third kappa shape index (κ3) is 4.22. The molecular formula is C21H24N2O2S. The summed E-state index contributed by atoms with van der Waals surface area (Å²) in [6.07, 6.45) is 0.984. The number of carbonyl (C=O) groups excluding carboxylic acids is 1. The minimum absolute atomic E-state index is 0.0285. The van der Waals surface area contributed by atoms with Crippen molar-refractivity contribution in [3.05, 3.63) is 53.1 Å². The summed E-state index contributed by atoms with van der Waals surface area (Å²) in [5, 5.41) is 3.45. The molecule has 1 aromatic heterocycles. The van der Waals surface area contributed by atoms with Crippen LogP contribution in [0.25, 0.3) is 10.2 Å². The normalized spacial score (nSPS) is 11.1. The minimum atomic E-state index is -0.198. The van der Waals surface area contributed by atoms with E-state index in [0.717, 1.165) is 33.5 Å². The molecule has 0 atom stereocenters. The molecule has 1 heterocycles. The van der Waals surface area contributed by atoms with Crippen molar-refractivity contribution in [1.29, 1.82) is 0 Å². The molecule has 26 heavy (non-hydrogen) atoms. The zero-order valence-electron chi connectivity index (χ0n) is 15.6. The van der Waals surface area contributed by atoms with Crippen LogP contribution in [0.5, 0.6) is 5.75 Å². The molecular weight excluding hydrogens is 344 g/mol. The Bertz CT molecular complexity index is 931. The van der Waals surface area contributed by atoms with Crippen molar-refractivity contribution >= 4 is 32.6 Å². The first kappa shape index (κ1) is 18.4. The quantitative estimate of drug-likeness (QED) is 0.641. The molecule has 2 aromatic carbocycles. The first-order chi connectivity index (χ1) is 12.5. The van der Waals surface area contributed by atoms with E-state index in [1.54, 1.807) is 0 Å². The number of nitrogens with zero attached hydrogens (tertiary/aromatic N) is 1. The number of thiazole rings is 1. The van der Waals surface area contributed by atoms with Gasteiger partial charge in [-0.3, -0.25) is 10.1 Å². The SMILES string of the molecule is CCc1ccc2nc(NC(=O)COc3cc(C)ccc3C(C)C)sc2c1. The zero-order chi connectivity index (χ0) is 18.7. The van der Waals surface area contributed by atoms with Gasteiger partial charge in [0.05, 0.1) is 10.2 Å². The van der Waals surface area contributed by atoms with Crippen LogP contribution in [0.3, 0.4) is 0 Å². The van der Waals surface area contributed by atoms with Gasteiger partial charge in [-0.2, -0.15) is 0 Å². The number of amides is 1. The summed E-state index contributed by atoms with van der Waals surface area (Å²) < 4.78 is 6.87. The Balaban J connectivity index is 1.67. The number of aromatic nitrogens is 1. The van der Waals surface area contributed by atoms with Gasteiger partial charge in [-0.1, -0.05) is 50.3 Å². The second-order valence-corrected chi connectivity index (χ2v) is 7.74. The third-order valence-electron chi connectivity index (χ3n) is 4.26. The van der Waals surface area contributed by atoms with Crippen molar-refractivity contribution < 1.29 is 9.53 Å². The Morgan fingerprint density at radius 2 is 2.04 bits per heavy atom. The Hall–Kier alpha value is -2.40. The summed E-state index contributed by atoms with van der Waals surface area (Å²) in [5.74, 6) is 0.911. The molecule has 5 heteroatoms. The maximum atomic E-state index is 12.3. The minimum Gasteiger partial charge on any atom is -0.483 e. The second kappa shape index (κ2) is 7.87. The number of rotatable bonds is 6. The fourth-order valence-corrected chi connectivity index (χ4v) is 3.73. The largest absolute Gasteiger partial charge is 0.483 e. The molecule has 3 aromatic rings. The van der Waals surface area contributed by atoms with Gasteiger partial charge in [0.25, 0.3) is 5.91 Å². The van der Waals surface area contributed by atoms with E-state index in [-0.39, 0.29) is 12.5 Å². The number of nitrogens with one attached hydrogen (secondary N) is 1. The molecule has 136 valence electrons. The molecule has 1 N–H and O–H groups in total. The zero-order valence-corrected chi connectivity index (χ0v) is 16.4. The van der Waals surface area contributed by atoms with E-state index in [1.807, 2.05) is 19.1 Å². The molecule has 1 amide bonds. The van der Waals surface area contributed by atoms with Gasteiger partial charge in [-0.15, -0.1) is 0 Å². The average Bonchev–Trinajstić information content (AvgIpc) is 3.00.